The van der Waals surface area contributed by atoms with Gasteiger partial charge in [-0.15, -0.1) is 0 Å². The molecule has 1 amide bonds. The van der Waals surface area contributed by atoms with E-state index >= 15 is 0 Å². The molecule has 1 aromatic heterocycles. The van der Waals surface area contributed by atoms with Crippen molar-refractivity contribution in [2.45, 2.75) is 32.9 Å². The molecule has 5 nitrogen and oxygen atoms in total. The van der Waals surface area contributed by atoms with Gasteiger partial charge in [0.1, 0.15) is 11.4 Å². The Bertz CT molecular complexity index is 1280. The van der Waals surface area contributed by atoms with Crippen molar-refractivity contribution in [3.8, 4) is 5.75 Å². The van der Waals surface area contributed by atoms with Gasteiger partial charge in [0, 0.05) is 44.7 Å². The van der Waals surface area contributed by atoms with Crippen LogP contribution in [-0.2, 0) is 19.5 Å². The Labute approximate surface area is 213 Å². The van der Waals surface area contributed by atoms with Crippen molar-refractivity contribution in [3.05, 3.63) is 102 Å². The summed E-state index contributed by atoms with van der Waals surface area (Å²) in [6.45, 7) is 7.59. The van der Waals surface area contributed by atoms with E-state index in [1.165, 1.54) is 11.1 Å². The number of aryl methyl sites for hydroxylation is 2. The molecule has 36 heavy (non-hydrogen) atoms. The lowest BCUT2D eigenvalue weighted by molar-refractivity contribution is 0.0618. The molecule has 0 saturated carbocycles. The monoisotopic (exact) mass is 481 g/mol. The zero-order valence-electron chi connectivity index (χ0n) is 21.1. The summed E-state index contributed by atoms with van der Waals surface area (Å²) < 4.78 is 8.12. The van der Waals surface area contributed by atoms with Gasteiger partial charge in [-0.2, -0.15) is 0 Å². The van der Waals surface area contributed by atoms with Gasteiger partial charge in [0.2, 0.25) is 0 Å². The summed E-state index contributed by atoms with van der Waals surface area (Å²) in [5, 5.41) is 1.02. The number of carbonyl (C=O) groups is 1. The Hall–Kier alpha value is -3.57. The molecule has 1 aliphatic rings. The molecule has 1 fully saturated rings. The van der Waals surface area contributed by atoms with Gasteiger partial charge in [-0.05, 0) is 49.1 Å². The first-order valence-electron chi connectivity index (χ1n) is 13.1. The second-order valence-corrected chi connectivity index (χ2v) is 9.45. The van der Waals surface area contributed by atoms with Crippen LogP contribution in [0.15, 0.2) is 84.9 Å². The summed E-state index contributed by atoms with van der Waals surface area (Å²) in [7, 11) is 0. The summed E-state index contributed by atoms with van der Waals surface area (Å²) in [6.07, 6.45) is 1.95. The average Bonchev–Trinajstić information content (AvgIpc) is 3.30. The normalized spacial score (nSPS) is 14.3. The largest absolute Gasteiger partial charge is 0.493 e. The molecule has 4 aromatic rings. The number of aromatic nitrogens is 1. The van der Waals surface area contributed by atoms with Gasteiger partial charge in [-0.1, -0.05) is 66.7 Å². The van der Waals surface area contributed by atoms with E-state index in [1.807, 2.05) is 30.0 Å². The van der Waals surface area contributed by atoms with Gasteiger partial charge >= 0.3 is 0 Å². The van der Waals surface area contributed by atoms with Crippen LogP contribution in [0.2, 0.25) is 0 Å². The van der Waals surface area contributed by atoms with Crippen LogP contribution in [0, 0.1) is 0 Å². The molecule has 0 spiro atoms. The molecule has 1 aliphatic heterocycles. The fourth-order valence-corrected chi connectivity index (χ4v) is 5.16. The number of ether oxygens (including phenoxy) is 1. The van der Waals surface area contributed by atoms with Gasteiger partial charge in [-0.25, -0.2) is 0 Å². The van der Waals surface area contributed by atoms with Crippen molar-refractivity contribution >= 4 is 16.8 Å². The predicted molar refractivity (Wildman–Crippen MR) is 145 cm³/mol. The van der Waals surface area contributed by atoms with Crippen LogP contribution in [-0.4, -0.2) is 53.1 Å². The zero-order valence-corrected chi connectivity index (χ0v) is 21.1. The molecule has 0 bridgehead atoms. The predicted octanol–water partition coefficient (Wildman–Crippen LogP) is 5.63. The Kier molecular flexibility index (Phi) is 7.67. The lowest BCUT2D eigenvalue weighted by Crippen LogP contribution is -2.48. The molecule has 186 valence electrons. The number of rotatable bonds is 9. The molecule has 0 atom stereocenters. The summed E-state index contributed by atoms with van der Waals surface area (Å²) in [5.41, 5.74) is 4.48. The molecule has 5 heteroatoms. The fraction of sp³-hybridized carbons (Fsp3) is 0.323. The highest BCUT2D eigenvalue weighted by Crippen LogP contribution is 2.30. The topological polar surface area (TPSA) is 37.7 Å². The molecule has 3 aromatic carbocycles. The number of amides is 1. The van der Waals surface area contributed by atoms with Crippen molar-refractivity contribution in [2.75, 3.05) is 32.8 Å². The van der Waals surface area contributed by atoms with Crippen molar-refractivity contribution in [2.24, 2.45) is 0 Å². The average molecular weight is 482 g/mol. The van der Waals surface area contributed by atoms with Crippen LogP contribution in [0.1, 0.15) is 35.0 Å². The minimum absolute atomic E-state index is 0.118. The molecular weight excluding hydrogens is 446 g/mol. The van der Waals surface area contributed by atoms with E-state index in [2.05, 4.69) is 76.2 Å². The van der Waals surface area contributed by atoms with Gasteiger partial charge in [-0.3, -0.25) is 9.69 Å². The smallest absolute Gasteiger partial charge is 0.270 e. The van der Waals surface area contributed by atoms with Crippen LogP contribution in [0.4, 0.5) is 0 Å². The summed E-state index contributed by atoms with van der Waals surface area (Å²) >= 11 is 0. The second-order valence-electron chi connectivity index (χ2n) is 9.45. The van der Waals surface area contributed by atoms with Crippen LogP contribution >= 0.6 is 0 Å². The molecule has 0 aliphatic carbocycles. The van der Waals surface area contributed by atoms with E-state index < -0.39 is 0 Å². The highest BCUT2D eigenvalue weighted by atomic mass is 16.5. The lowest BCUT2D eigenvalue weighted by Gasteiger charge is -2.35. The standard InChI is InChI=1S/C31H35N3O2/c1-2-36-30-17-9-16-28-27(30)23-29(34(28)18-10-15-25-11-5-3-6-12-25)31(35)33-21-19-32(20-22-33)24-26-13-7-4-8-14-26/h3-9,11-14,16-17,23H,2,10,15,18-22,24H2,1H3. The van der Waals surface area contributed by atoms with Crippen LogP contribution < -0.4 is 4.74 Å². The number of benzene rings is 3. The van der Waals surface area contributed by atoms with E-state index in [0.29, 0.717) is 6.61 Å². The van der Waals surface area contributed by atoms with Gasteiger partial charge in [0.05, 0.1) is 12.1 Å². The highest BCUT2D eigenvalue weighted by Gasteiger charge is 2.26. The Morgan fingerprint density at radius 2 is 1.53 bits per heavy atom. The van der Waals surface area contributed by atoms with Gasteiger partial charge in [0.15, 0.2) is 0 Å². The maximum atomic E-state index is 13.8. The molecule has 2 heterocycles. The van der Waals surface area contributed by atoms with E-state index in [1.54, 1.807) is 0 Å². The second kappa shape index (κ2) is 11.4. The van der Waals surface area contributed by atoms with Gasteiger partial charge < -0.3 is 14.2 Å². The molecule has 5 rings (SSSR count). The lowest BCUT2D eigenvalue weighted by atomic mass is 10.1. The number of nitrogens with zero attached hydrogens (tertiary/aromatic N) is 3. The van der Waals surface area contributed by atoms with Crippen molar-refractivity contribution in [1.29, 1.82) is 0 Å². The zero-order chi connectivity index (χ0) is 24.7. The molecule has 0 N–H and O–H groups in total. The SMILES string of the molecule is CCOc1cccc2c1cc(C(=O)N1CCN(Cc3ccccc3)CC1)n2CCCc1ccccc1. The number of hydrogen-bond donors (Lipinski definition) is 0. The summed E-state index contributed by atoms with van der Waals surface area (Å²) in [4.78, 5) is 18.3. The van der Waals surface area contributed by atoms with Crippen LogP contribution in [0.5, 0.6) is 5.75 Å². The Morgan fingerprint density at radius 3 is 2.22 bits per heavy atom. The first kappa shape index (κ1) is 24.1. The van der Waals surface area contributed by atoms with Crippen molar-refractivity contribution < 1.29 is 9.53 Å². The van der Waals surface area contributed by atoms with Crippen LogP contribution in [0.25, 0.3) is 10.9 Å². The maximum absolute atomic E-state index is 13.8. The maximum Gasteiger partial charge on any atom is 0.270 e. The van der Waals surface area contributed by atoms with Crippen molar-refractivity contribution in [1.82, 2.24) is 14.4 Å². The first-order valence-corrected chi connectivity index (χ1v) is 13.1. The summed E-state index contributed by atoms with van der Waals surface area (Å²) in [5.74, 6) is 0.964. The number of piperazine rings is 1. The third kappa shape index (κ3) is 5.47. The molecule has 1 saturated heterocycles. The third-order valence-corrected chi connectivity index (χ3v) is 7.02. The minimum atomic E-state index is 0.118. The van der Waals surface area contributed by atoms with Crippen LogP contribution in [0.3, 0.4) is 0 Å². The van der Waals surface area contributed by atoms with E-state index in [-0.39, 0.29) is 5.91 Å². The Morgan fingerprint density at radius 1 is 0.833 bits per heavy atom. The minimum Gasteiger partial charge on any atom is -0.493 e. The Balaban J connectivity index is 1.34. The van der Waals surface area contributed by atoms with Gasteiger partial charge in [0.25, 0.3) is 5.91 Å². The number of carbonyl (C=O) groups excluding carboxylic acids is 1. The first-order chi connectivity index (χ1) is 17.7. The molecule has 0 radical (unpaired) electrons. The van der Waals surface area contributed by atoms with Crippen molar-refractivity contribution in [3.63, 3.8) is 0 Å². The highest BCUT2D eigenvalue weighted by molar-refractivity contribution is 6.00. The number of fused-ring (bicyclic) bond motifs is 1. The number of hydrogen-bond acceptors (Lipinski definition) is 3. The fourth-order valence-electron chi connectivity index (χ4n) is 5.16. The van der Waals surface area contributed by atoms with E-state index in [9.17, 15) is 4.79 Å². The van der Waals surface area contributed by atoms with E-state index in [4.69, 9.17) is 4.74 Å². The quantitative estimate of drug-likeness (QED) is 0.311. The van der Waals surface area contributed by atoms with E-state index in [0.717, 1.165) is 74.5 Å². The summed E-state index contributed by atoms with van der Waals surface area (Å²) in [6, 6.07) is 29.3. The molecule has 0 unspecified atom stereocenters. The molecular formula is C31H35N3O2. The third-order valence-electron chi connectivity index (χ3n) is 7.02.